The molecule has 4 nitrogen and oxygen atoms in total. The first kappa shape index (κ1) is 13.5. The van der Waals surface area contributed by atoms with Gasteiger partial charge >= 0.3 is 0 Å². The van der Waals surface area contributed by atoms with Crippen LogP contribution in [0, 0.1) is 5.92 Å². The molecule has 1 amide bonds. The van der Waals surface area contributed by atoms with Gasteiger partial charge < -0.3 is 14.4 Å². The second-order valence-electron chi connectivity index (χ2n) is 4.57. The minimum Gasteiger partial charge on any atom is -0.497 e. The monoisotopic (exact) mass is 261 g/mol. The molecule has 1 unspecified atom stereocenters. The summed E-state index contributed by atoms with van der Waals surface area (Å²) in [5, 5.41) is 0. The number of methoxy groups -OCH3 is 2. The highest BCUT2D eigenvalue weighted by atomic mass is 16.5. The maximum absolute atomic E-state index is 12.1. The van der Waals surface area contributed by atoms with Crippen molar-refractivity contribution in [3.8, 4) is 11.5 Å². The van der Waals surface area contributed by atoms with Crippen molar-refractivity contribution in [2.75, 3.05) is 20.8 Å². The van der Waals surface area contributed by atoms with Crippen molar-refractivity contribution in [3.05, 3.63) is 36.4 Å². The summed E-state index contributed by atoms with van der Waals surface area (Å²) < 4.78 is 10.5. The molecule has 1 aromatic carbocycles. The van der Waals surface area contributed by atoms with Crippen LogP contribution in [-0.4, -0.2) is 31.6 Å². The maximum Gasteiger partial charge on any atom is 0.229 e. The van der Waals surface area contributed by atoms with Gasteiger partial charge in [-0.3, -0.25) is 4.79 Å². The second kappa shape index (κ2) is 5.78. The first-order valence-corrected chi connectivity index (χ1v) is 6.32. The van der Waals surface area contributed by atoms with Gasteiger partial charge in [0, 0.05) is 24.7 Å². The Balaban J connectivity index is 2.15. The minimum atomic E-state index is -0.0377. The fourth-order valence-electron chi connectivity index (χ4n) is 2.33. The van der Waals surface area contributed by atoms with Crippen LogP contribution in [0.1, 0.15) is 12.0 Å². The number of hydrogen-bond acceptors (Lipinski definition) is 3. The van der Waals surface area contributed by atoms with E-state index in [1.165, 1.54) is 0 Å². The quantitative estimate of drug-likeness (QED) is 0.763. The van der Waals surface area contributed by atoms with Gasteiger partial charge in [0.05, 0.1) is 20.1 Å². The summed E-state index contributed by atoms with van der Waals surface area (Å²) in [6.07, 6.45) is 2.58. The number of carbonyl (C=O) groups is 1. The number of hydrogen-bond donors (Lipinski definition) is 0. The molecule has 0 bridgehead atoms. The lowest BCUT2D eigenvalue weighted by atomic mass is 10.1. The fourth-order valence-corrected chi connectivity index (χ4v) is 2.33. The molecular formula is C15H19NO3. The molecule has 0 N–H and O–H groups in total. The predicted octanol–water partition coefficient (Wildman–Crippen LogP) is 2.24. The molecule has 1 aliphatic heterocycles. The normalized spacial score (nSPS) is 18.5. The van der Waals surface area contributed by atoms with Crippen LogP contribution in [-0.2, 0) is 11.3 Å². The van der Waals surface area contributed by atoms with E-state index in [0.717, 1.165) is 30.0 Å². The van der Waals surface area contributed by atoms with Crippen LogP contribution in [0.25, 0.3) is 0 Å². The predicted molar refractivity (Wildman–Crippen MR) is 73.3 cm³/mol. The Labute approximate surface area is 113 Å². The van der Waals surface area contributed by atoms with E-state index in [1.807, 2.05) is 23.1 Å². The number of benzene rings is 1. The zero-order valence-corrected chi connectivity index (χ0v) is 11.4. The summed E-state index contributed by atoms with van der Waals surface area (Å²) in [4.78, 5) is 13.9. The van der Waals surface area contributed by atoms with Gasteiger partial charge in [0.15, 0.2) is 0 Å². The van der Waals surface area contributed by atoms with Crippen molar-refractivity contribution >= 4 is 5.91 Å². The fraction of sp³-hybridized carbons (Fsp3) is 0.400. The van der Waals surface area contributed by atoms with Crippen LogP contribution in [0.3, 0.4) is 0 Å². The van der Waals surface area contributed by atoms with Gasteiger partial charge in [-0.25, -0.2) is 0 Å². The topological polar surface area (TPSA) is 38.8 Å². The van der Waals surface area contributed by atoms with Gasteiger partial charge in [0.1, 0.15) is 11.5 Å². The Kier molecular flexibility index (Phi) is 4.10. The Morgan fingerprint density at radius 2 is 2.21 bits per heavy atom. The van der Waals surface area contributed by atoms with E-state index in [-0.39, 0.29) is 11.8 Å². The van der Waals surface area contributed by atoms with Crippen LogP contribution in [0.5, 0.6) is 11.5 Å². The molecule has 1 aromatic rings. The summed E-state index contributed by atoms with van der Waals surface area (Å²) in [5.41, 5.74) is 0.987. The third kappa shape index (κ3) is 2.72. The van der Waals surface area contributed by atoms with Crippen molar-refractivity contribution in [2.24, 2.45) is 5.92 Å². The molecule has 1 atom stereocenters. The number of amides is 1. The Morgan fingerprint density at radius 3 is 2.79 bits per heavy atom. The van der Waals surface area contributed by atoms with Crippen molar-refractivity contribution in [1.82, 2.24) is 4.90 Å². The van der Waals surface area contributed by atoms with Crippen LogP contribution >= 0.6 is 0 Å². The first-order chi connectivity index (χ1) is 9.19. The molecule has 1 fully saturated rings. The van der Waals surface area contributed by atoms with E-state index < -0.39 is 0 Å². The summed E-state index contributed by atoms with van der Waals surface area (Å²) in [6, 6.07) is 5.65. The molecule has 102 valence electrons. The van der Waals surface area contributed by atoms with Crippen molar-refractivity contribution in [1.29, 1.82) is 0 Å². The average Bonchev–Trinajstić information content (AvgIpc) is 2.80. The number of carbonyl (C=O) groups excluding carboxylic acids is 1. The number of nitrogens with zero attached hydrogens (tertiary/aromatic N) is 1. The Morgan fingerprint density at radius 1 is 1.42 bits per heavy atom. The van der Waals surface area contributed by atoms with E-state index in [9.17, 15) is 4.79 Å². The lowest BCUT2D eigenvalue weighted by Gasteiger charge is -2.18. The molecule has 0 aromatic heterocycles. The van der Waals surface area contributed by atoms with Gasteiger partial charge in [-0.1, -0.05) is 6.08 Å². The highest BCUT2D eigenvalue weighted by Gasteiger charge is 2.29. The average molecular weight is 261 g/mol. The van der Waals surface area contributed by atoms with E-state index in [2.05, 4.69) is 6.58 Å². The van der Waals surface area contributed by atoms with Crippen LogP contribution < -0.4 is 9.47 Å². The zero-order valence-electron chi connectivity index (χ0n) is 11.4. The standard InChI is InChI=1S/C15H19NO3/c1-4-11-7-8-16(15(11)17)10-12-5-6-13(18-2)9-14(12)19-3/h4-6,9,11H,1,7-8,10H2,2-3H3. The van der Waals surface area contributed by atoms with Crippen LogP contribution in [0.4, 0.5) is 0 Å². The van der Waals surface area contributed by atoms with Gasteiger partial charge in [0.2, 0.25) is 5.91 Å². The Bertz CT molecular complexity index is 484. The molecule has 1 saturated heterocycles. The number of rotatable bonds is 5. The molecule has 19 heavy (non-hydrogen) atoms. The summed E-state index contributed by atoms with van der Waals surface area (Å²) >= 11 is 0. The molecule has 0 saturated carbocycles. The smallest absolute Gasteiger partial charge is 0.229 e. The highest BCUT2D eigenvalue weighted by molar-refractivity contribution is 5.82. The molecular weight excluding hydrogens is 242 g/mol. The third-order valence-corrected chi connectivity index (χ3v) is 3.48. The summed E-state index contributed by atoms with van der Waals surface area (Å²) in [5.74, 6) is 1.60. The van der Waals surface area contributed by atoms with Crippen molar-refractivity contribution < 1.29 is 14.3 Å². The van der Waals surface area contributed by atoms with Crippen LogP contribution in [0.2, 0.25) is 0 Å². The SMILES string of the molecule is C=CC1CCN(Cc2ccc(OC)cc2OC)C1=O. The molecule has 1 aliphatic rings. The number of likely N-dealkylation sites (tertiary alicyclic amines) is 1. The lowest BCUT2D eigenvalue weighted by Crippen LogP contribution is -2.26. The first-order valence-electron chi connectivity index (χ1n) is 6.32. The number of ether oxygens (including phenoxy) is 2. The van der Waals surface area contributed by atoms with E-state index >= 15 is 0 Å². The molecule has 2 rings (SSSR count). The van der Waals surface area contributed by atoms with E-state index in [0.29, 0.717) is 6.54 Å². The third-order valence-electron chi connectivity index (χ3n) is 3.48. The second-order valence-corrected chi connectivity index (χ2v) is 4.57. The Hall–Kier alpha value is -1.97. The largest absolute Gasteiger partial charge is 0.497 e. The van der Waals surface area contributed by atoms with Crippen LogP contribution in [0.15, 0.2) is 30.9 Å². The molecule has 4 heteroatoms. The summed E-state index contributed by atoms with van der Waals surface area (Å²) in [6.45, 7) is 5.04. The zero-order chi connectivity index (χ0) is 13.8. The van der Waals surface area contributed by atoms with Crippen molar-refractivity contribution in [2.45, 2.75) is 13.0 Å². The van der Waals surface area contributed by atoms with Gasteiger partial charge in [-0.05, 0) is 18.6 Å². The maximum atomic E-state index is 12.1. The molecule has 0 radical (unpaired) electrons. The summed E-state index contributed by atoms with van der Waals surface area (Å²) in [7, 11) is 3.24. The molecule has 0 spiro atoms. The van der Waals surface area contributed by atoms with Gasteiger partial charge in [-0.2, -0.15) is 0 Å². The van der Waals surface area contributed by atoms with E-state index in [1.54, 1.807) is 20.3 Å². The molecule has 1 heterocycles. The van der Waals surface area contributed by atoms with Gasteiger partial charge in [0.25, 0.3) is 0 Å². The highest BCUT2D eigenvalue weighted by Crippen LogP contribution is 2.28. The van der Waals surface area contributed by atoms with E-state index in [4.69, 9.17) is 9.47 Å². The van der Waals surface area contributed by atoms with Gasteiger partial charge in [-0.15, -0.1) is 6.58 Å². The van der Waals surface area contributed by atoms with Crippen molar-refractivity contribution in [3.63, 3.8) is 0 Å². The minimum absolute atomic E-state index is 0.0377. The lowest BCUT2D eigenvalue weighted by molar-refractivity contribution is -0.130. The molecule has 0 aliphatic carbocycles.